The maximum Gasteiger partial charge on any atom is 0.337 e. The number of fused-ring (bicyclic) bond motifs is 2. The number of carbonyl (C=O) groups excluding carboxylic acids is 2. The molecule has 6 rings (SSSR count). The summed E-state index contributed by atoms with van der Waals surface area (Å²) >= 11 is 0. The lowest BCUT2D eigenvalue weighted by atomic mass is 10.1. The zero-order chi connectivity index (χ0) is 29.5. The van der Waals surface area contributed by atoms with Gasteiger partial charge in [-0.2, -0.15) is 0 Å². The summed E-state index contributed by atoms with van der Waals surface area (Å²) in [4.78, 5) is 57.2. The lowest BCUT2D eigenvalue weighted by molar-refractivity contribution is 0.0600. The molecule has 208 valence electrons. The number of esters is 1. The fourth-order valence-corrected chi connectivity index (χ4v) is 5.02. The van der Waals surface area contributed by atoms with Crippen molar-refractivity contribution in [2.75, 3.05) is 7.11 Å². The Hall–Kier alpha value is -5.64. The first-order valence-corrected chi connectivity index (χ1v) is 13.0. The van der Waals surface area contributed by atoms with Crippen molar-refractivity contribution in [1.82, 2.24) is 18.5 Å². The van der Waals surface area contributed by atoms with Gasteiger partial charge in [-0.3, -0.25) is 23.1 Å². The monoisotopic (exact) mass is 562 g/mol. The molecule has 0 fully saturated rings. The molecular weight excluding hydrogens is 539 g/mol. The summed E-state index contributed by atoms with van der Waals surface area (Å²) < 4.78 is 22.3. The molecule has 6 aromatic rings. The third-order valence-corrected chi connectivity index (χ3v) is 7.18. The summed E-state index contributed by atoms with van der Waals surface area (Å²) in [5, 5.41) is 0.178. The Bertz CT molecular complexity index is 2160. The van der Waals surface area contributed by atoms with Gasteiger partial charge in [0.15, 0.2) is 5.82 Å². The van der Waals surface area contributed by atoms with E-state index in [9.17, 15) is 23.6 Å². The topological polar surface area (TPSA) is 105 Å². The maximum absolute atomic E-state index is 13.9. The van der Waals surface area contributed by atoms with Crippen molar-refractivity contribution in [1.29, 1.82) is 0 Å². The van der Waals surface area contributed by atoms with Gasteiger partial charge in [0, 0.05) is 24.4 Å². The van der Waals surface area contributed by atoms with E-state index >= 15 is 0 Å². The summed E-state index contributed by atoms with van der Waals surface area (Å²) in [5.74, 6) is -1.24. The quantitative estimate of drug-likeness (QED) is 0.222. The van der Waals surface area contributed by atoms with E-state index in [-0.39, 0.29) is 23.3 Å². The van der Waals surface area contributed by atoms with E-state index in [2.05, 4.69) is 4.98 Å². The smallest absolute Gasteiger partial charge is 0.337 e. The van der Waals surface area contributed by atoms with Crippen LogP contribution in [0.15, 0.2) is 101 Å². The number of ketones is 1. The summed E-state index contributed by atoms with van der Waals surface area (Å²) in [6.07, 6.45) is 1.71. The Morgan fingerprint density at radius 2 is 1.67 bits per heavy atom. The Morgan fingerprint density at radius 3 is 2.43 bits per heavy atom. The van der Waals surface area contributed by atoms with Crippen LogP contribution in [0.25, 0.3) is 27.7 Å². The van der Waals surface area contributed by atoms with Gasteiger partial charge < -0.3 is 4.74 Å². The van der Waals surface area contributed by atoms with Crippen molar-refractivity contribution < 1.29 is 18.7 Å². The molecule has 10 heteroatoms. The second-order valence-electron chi connectivity index (χ2n) is 9.73. The summed E-state index contributed by atoms with van der Waals surface area (Å²) in [7, 11) is 2.85. The van der Waals surface area contributed by atoms with Crippen molar-refractivity contribution >= 4 is 28.2 Å². The van der Waals surface area contributed by atoms with Crippen molar-refractivity contribution in [3.63, 3.8) is 0 Å². The zero-order valence-corrected chi connectivity index (χ0v) is 22.6. The molecule has 3 aromatic carbocycles. The second kappa shape index (κ2) is 10.4. The van der Waals surface area contributed by atoms with Gasteiger partial charge in [-0.1, -0.05) is 30.3 Å². The first-order valence-electron chi connectivity index (χ1n) is 13.0. The lowest BCUT2D eigenvalue weighted by Gasteiger charge is -2.12. The zero-order valence-electron chi connectivity index (χ0n) is 22.6. The number of nitrogens with zero attached hydrogens (tertiary/aromatic N) is 4. The van der Waals surface area contributed by atoms with Crippen molar-refractivity contribution in [3.05, 3.63) is 140 Å². The van der Waals surface area contributed by atoms with Gasteiger partial charge in [0.25, 0.3) is 5.56 Å². The highest BCUT2D eigenvalue weighted by atomic mass is 19.1. The number of halogens is 1. The molecule has 42 heavy (non-hydrogen) atoms. The molecule has 0 spiro atoms. The molecule has 0 N–H and O–H groups in total. The minimum Gasteiger partial charge on any atom is -0.465 e. The first kappa shape index (κ1) is 26.6. The Kier molecular flexibility index (Phi) is 6.58. The number of pyridine rings is 1. The number of methoxy groups -OCH3 is 1. The van der Waals surface area contributed by atoms with Gasteiger partial charge in [0.1, 0.15) is 5.82 Å². The number of aryl methyl sites for hydroxylation is 1. The van der Waals surface area contributed by atoms with Gasteiger partial charge in [-0.25, -0.2) is 19.0 Å². The van der Waals surface area contributed by atoms with Crippen LogP contribution in [0.4, 0.5) is 4.39 Å². The van der Waals surface area contributed by atoms with E-state index < -0.39 is 28.8 Å². The third-order valence-electron chi connectivity index (χ3n) is 7.18. The standard InChI is InChI=1S/C32H23FN4O5/c1-35-25-14-11-21(17-24(25)30(39)37(32(35)41)18-19-9-12-23(33)13-10-19)28(38)29-34-27(26-8-3-4-15-36(26)29)20-6-5-7-22(16-20)31(40)42-2/h3-17H,18H2,1-2H3. The van der Waals surface area contributed by atoms with Crippen LogP contribution < -0.4 is 11.2 Å². The molecule has 9 nitrogen and oxygen atoms in total. The highest BCUT2D eigenvalue weighted by Gasteiger charge is 2.22. The molecule has 0 radical (unpaired) electrons. The summed E-state index contributed by atoms with van der Waals surface area (Å²) in [6, 6.07) is 22.3. The van der Waals surface area contributed by atoms with Crippen molar-refractivity contribution in [2.24, 2.45) is 7.05 Å². The molecule has 0 aliphatic heterocycles. The summed E-state index contributed by atoms with van der Waals surface area (Å²) in [6.45, 7) is -0.0568. The first-order chi connectivity index (χ1) is 20.3. The van der Waals surface area contributed by atoms with Crippen LogP contribution in [0.5, 0.6) is 0 Å². The molecule has 3 aromatic heterocycles. The average Bonchev–Trinajstić information content (AvgIpc) is 3.42. The number of hydrogen-bond donors (Lipinski definition) is 0. The van der Waals surface area contributed by atoms with Gasteiger partial charge in [-0.15, -0.1) is 0 Å². The molecule has 0 saturated heterocycles. The molecule has 3 heterocycles. The van der Waals surface area contributed by atoms with E-state index in [1.165, 1.54) is 42.0 Å². The SMILES string of the molecule is COC(=O)c1cccc(-c2nc(C(=O)c3ccc4c(c3)c(=O)n(Cc3ccc(F)cc3)c(=O)n4C)n3ccccc23)c1. The number of hydrogen-bond acceptors (Lipinski definition) is 6. The van der Waals surface area contributed by atoms with E-state index in [4.69, 9.17) is 4.74 Å². The molecule has 0 unspecified atom stereocenters. The predicted octanol–water partition coefficient (Wildman–Crippen LogP) is 4.22. The van der Waals surface area contributed by atoms with E-state index in [0.29, 0.717) is 33.4 Å². The Balaban J connectivity index is 1.46. The molecule has 0 aliphatic rings. The molecule has 0 aliphatic carbocycles. The average molecular weight is 563 g/mol. The number of ether oxygens (including phenoxy) is 1. The number of rotatable bonds is 6. The van der Waals surface area contributed by atoms with E-state index in [0.717, 1.165) is 4.57 Å². The van der Waals surface area contributed by atoms with Crippen LogP contribution in [-0.4, -0.2) is 37.4 Å². The lowest BCUT2D eigenvalue weighted by Crippen LogP contribution is -2.39. The molecule has 0 bridgehead atoms. The third kappa shape index (κ3) is 4.48. The fraction of sp³-hybridized carbons (Fsp3) is 0.0938. The largest absolute Gasteiger partial charge is 0.465 e. The molecule has 0 amide bonds. The van der Waals surface area contributed by atoms with Crippen LogP contribution >= 0.6 is 0 Å². The molecular formula is C32H23FN4O5. The fourth-order valence-electron chi connectivity index (χ4n) is 5.02. The number of imidazole rings is 1. The number of carbonyl (C=O) groups is 2. The highest BCUT2D eigenvalue weighted by molar-refractivity contribution is 6.09. The van der Waals surface area contributed by atoms with Crippen molar-refractivity contribution in [3.8, 4) is 11.3 Å². The number of aromatic nitrogens is 4. The minimum absolute atomic E-state index is 0.0568. The van der Waals surface area contributed by atoms with Crippen molar-refractivity contribution in [2.45, 2.75) is 6.54 Å². The normalized spacial score (nSPS) is 11.2. The van der Waals surface area contributed by atoms with E-state index in [1.54, 1.807) is 60.1 Å². The predicted molar refractivity (Wildman–Crippen MR) is 154 cm³/mol. The van der Waals surface area contributed by atoms with Gasteiger partial charge in [0.2, 0.25) is 5.78 Å². The Morgan fingerprint density at radius 1 is 0.881 bits per heavy atom. The van der Waals surface area contributed by atoms with Crippen LogP contribution in [0.3, 0.4) is 0 Å². The summed E-state index contributed by atoms with van der Waals surface area (Å²) in [5.41, 5.74) is 2.16. The van der Waals surface area contributed by atoms with Crippen LogP contribution in [0.1, 0.15) is 32.1 Å². The second-order valence-corrected chi connectivity index (χ2v) is 9.73. The number of benzene rings is 3. The van der Waals surface area contributed by atoms with E-state index in [1.807, 2.05) is 12.1 Å². The minimum atomic E-state index is -0.569. The van der Waals surface area contributed by atoms with Gasteiger partial charge in [0.05, 0.1) is 41.3 Å². The van der Waals surface area contributed by atoms with Crippen LogP contribution in [-0.2, 0) is 18.3 Å². The molecule has 0 atom stereocenters. The van der Waals surface area contributed by atoms with Gasteiger partial charge >= 0.3 is 11.7 Å². The Labute approximate surface area is 237 Å². The van der Waals surface area contributed by atoms with Crippen LogP contribution in [0, 0.1) is 5.82 Å². The molecule has 0 saturated carbocycles. The van der Waals surface area contributed by atoms with Crippen LogP contribution in [0.2, 0.25) is 0 Å². The highest BCUT2D eigenvalue weighted by Crippen LogP contribution is 2.27. The van der Waals surface area contributed by atoms with Gasteiger partial charge in [-0.05, 0) is 60.2 Å². The maximum atomic E-state index is 13.9.